The molecule has 0 saturated heterocycles. The van der Waals surface area contributed by atoms with E-state index in [9.17, 15) is 22.8 Å². The van der Waals surface area contributed by atoms with Crippen molar-refractivity contribution in [3.05, 3.63) is 57.9 Å². The van der Waals surface area contributed by atoms with Gasteiger partial charge >= 0.3 is 11.9 Å². The Morgan fingerprint density at radius 2 is 1.85 bits per heavy atom. The van der Waals surface area contributed by atoms with Crippen molar-refractivity contribution in [2.75, 3.05) is 13.8 Å². The molecule has 5 nitrogen and oxygen atoms in total. The Morgan fingerprint density at radius 1 is 1.19 bits per heavy atom. The number of hydrogen-bond acceptors (Lipinski definition) is 5. The molecule has 27 heavy (non-hydrogen) atoms. The number of halogens is 3. The predicted molar refractivity (Wildman–Crippen MR) is 91.2 cm³/mol. The number of nitrogens with one attached hydrogen (secondary N) is 1. The van der Waals surface area contributed by atoms with Crippen LogP contribution >= 0.6 is 0 Å². The Labute approximate surface area is 154 Å². The average Bonchev–Trinajstić information content (AvgIpc) is 2.61. The van der Waals surface area contributed by atoms with Crippen molar-refractivity contribution >= 4 is 11.9 Å². The van der Waals surface area contributed by atoms with E-state index in [1.54, 1.807) is 13.8 Å². The summed E-state index contributed by atoms with van der Waals surface area (Å²) in [7, 11) is 1.07. The monoisotopic (exact) mass is 383 g/mol. The summed E-state index contributed by atoms with van der Waals surface area (Å²) >= 11 is 0. The van der Waals surface area contributed by atoms with Crippen molar-refractivity contribution in [3.8, 4) is 0 Å². The van der Waals surface area contributed by atoms with E-state index in [2.05, 4.69) is 5.32 Å². The number of carbonyl (C=O) groups is 2. The first-order valence-electron chi connectivity index (χ1n) is 8.22. The molecule has 1 aliphatic rings. The van der Waals surface area contributed by atoms with Crippen molar-refractivity contribution in [1.82, 2.24) is 5.32 Å². The molecule has 0 aromatic heterocycles. The minimum Gasteiger partial charge on any atom is -0.466 e. The SMILES string of the molecule is COC(=O)C1=C(CF)NC(C)=C(C(=O)OC(C)C)C1c1cccc(F)c1F. The second-order valence-electron chi connectivity index (χ2n) is 6.21. The van der Waals surface area contributed by atoms with Gasteiger partial charge in [0.2, 0.25) is 0 Å². The van der Waals surface area contributed by atoms with Crippen molar-refractivity contribution in [3.63, 3.8) is 0 Å². The second kappa shape index (κ2) is 8.28. The summed E-state index contributed by atoms with van der Waals surface area (Å²) in [5.41, 5.74) is -0.738. The predicted octanol–water partition coefficient (Wildman–Crippen LogP) is 3.27. The van der Waals surface area contributed by atoms with Crippen molar-refractivity contribution in [2.24, 2.45) is 0 Å². The van der Waals surface area contributed by atoms with Crippen molar-refractivity contribution in [1.29, 1.82) is 0 Å². The maximum atomic E-state index is 14.5. The quantitative estimate of drug-likeness (QED) is 0.791. The molecule has 2 rings (SSSR count). The summed E-state index contributed by atoms with van der Waals surface area (Å²) in [6, 6.07) is 3.36. The van der Waals surface area contributed by atoms with E-state index in [1.807, 2.05) is 0 Å². The van der Waals surface area contributed by atoms with Crippen LogP contribution in [-0.2, 0) is 19.1 Å². The zero-order valence-corrected chi connectivity index (χ0v) is 15.4. The van der Waals surface area contributed by atoms with Crippen LogP contribution in [0.3, 0.4) is 0 Å². The lowest BCUT2D eigenvalue weighted by atomic mass is 9.80. The fraction of sp³-hybridized carbons (Fsp3) is 0.368. The number of dihydropyridines is 1. The molecule has 1 unspecified atom stereocenters. The van der Waals surface area contributed by atoms with Gasteiger partial charge in [-0.1, -0.05) is 12.1 Å². The fourth-order valence-corrected chi connectivity index (χ4v) is 2.96. The Bertz CT molecular complexity index is 830. The summed E-state index contributed by atoms with van der Waals surface area (Å²) < 4.78 is 51.8. The number of methoxy groups -OCH3 is 1. The van der Waals surface area contributed by atoms with Crippen LogP contribution in [-0.4, -0.2) is 31.8 Å². The van der Waals surface area contributed by atoms with E-state index < -0.39 is 42.3 Å². The number of allylic oxidation sites excluding steroid dienone is 2. The van der Waals surface area contributed by atoms with Gasteiger partial charge in [0.25, 0.3) is 0 Å². The summed E-state index contributed by atoms with van der Waals surface area (Å²) in [4.78, 5) is 25.0. The highest BCUT2D eigenvalue weighted by Crippen LogP contribution is 2.40. The molecule has 0 saturated carbocycles. The molecule has 146 valence electrons. The van der Waals surface area contributed by atoms with E-state index in [4.69, 9.17) is 9.47 Å². The lowest BCUT2D eigenvalue weighted by Gasteiger charge is -2.31. The number of benzene rings is 1. The number of ether oxygens (including phenoxy) is 2. The maximum Gasteiger partial charge on any atom is 0.337 e. The first kappa shape index (κ1) is 20.5. The van der Waals surface area contributed by atoms with Crippen LogP contribution in [0.2, 0.25) is 0 Å². The lowest BCUT2D eigenvalue weighted by Crippen LogP contribution is -2.34. The highest BCUT2D eigenvalue weighted by molar-refractivity contribution is 6.00. The molecule has 0 fully saturated rings. The zero-order chi connectivity index (χ0) is 20.3. The molecule has 1 aromatic carbocycles. The molecule has 1 atom stereocenters. The maximum absolute atomic E-state index is 14.5. The minimum atomic E-state index is -1.38. The minimum absolute atomic E-state index is 0.120. The van der Waals surface area contributed by atoms with Gasteiger partial charge in [-0.15, -0.1) is 0 Å². The van der Waals surface area contributed by atoms with Crippen molar-refractivity contribution in [2.45, 2.75) is 32.8 Å². The van der Waals surface area contributed by atoms with E-state index in [0.29, 0.717) is 0 Å². The third-order valence-electron chi connectivity index (χ3n) is 4.04. The van der Waals surface area contributed by atoms with Gasteiger partial charge in [0, 0.05) is 11.3 Å². The van der Waals surface area contributed by atoms with Crippen LogP contribution in [0.15, 0.2) is 40.7 Å². The normalized spacial score (nSPS) is 17.1. The highest BCUT2D eigenvalue weighted by Gasteiger charge is 2.40. The standard InChI is InChI=1S/C19H20F3NO4/c1-9(2)27-19(25)14-10(3)23-13(8-20)16(18(24)26-4)15(14)11-6-5-7-12(21)17(11)22/h5-7,9,15,23H,8H2,1-4H3. The first-order chi connectivity index (χ1) is 12.7. The van der Waals surface area contributed by atoms with Gasteiger partial charge in [0.15, 0.2) is 11.6 Å². The van der Waals surface area contributed by atoms with Crippen LogP contribution in [0.5, 0.6) is 0 Å². The number of hydrogen-bond donors (Lipinski definition) is 1. The number of carbonyl (C=O) groups excluding carboxylic acids is 2. The Hall–Kier alpha value is -2.77. The summed E-state index contributed by atoms with van der Waals surface area (Å²) in [5, 5.41) is 2.64. The largest absolute Gasteiger partial charge is 0.466 e. The molecule has 8 heteroatoms. The van der Waals surface area contributed by atoms with Gasteiger partial charge in [-0.3, -0.25) is 0 Å². The molecule has 0 amide bonds. The smallest absolute Gasteiger partial charge is 0.337 e. The molecule has 0 spiro atoms. The Kier molecular flexibility index (Phi) is 6.30. The van der Waals surface area contributed by atoms with E-state index in [1.165, 1.54) is 19.1 Å². The van der Waals surface area contributed by atoms with E-state index >= 15 is 0 Å². The van der Waals surface area contributed by atoms with Gasteiger partial charge in [-0.25, -0.2) is 22.8 Å². The summed E-state index contributed by atoms with van der Waals surface area (Å²) in [5.74, 6) is -5.58. The molecule has 1 N–H and O–H groups in total. The zero-order valence-electron chi connectivity index (χ0n) is 15.4. The second-order valence-corrected chi connectivity index (χ2v) is 6.21. The topological polar surface area (TPSA) is 64.6 Å². The molecule has 0 radical (unpaired) electrons. The van der Waals surface area contributed by atoms with Crippen LogP contribution in [0.25, 0.3) is 0 Å². The summed E-state index contributed by atoms with van der Waals surface area (Å²) in [6.07, 6.45) is -0.496. The first-order valence-corrected chi connectivity index (χ1v) is 8.22. The molecular formula is C19H20F3NO4. The molecule has 0 bridgehead atoms. The van der Waals surface area contributed by atoms with Gasteiger partial charge in [-0.05, 0) is 26.8 Å². The lowest BCUT2D eigenvalue weighted by molar-refractivity contribution is -0.143. The van der Waals surface area contributed by atoms with Gasteiger partial charge in [0.05, 0.1) is 36.0 Å². The third kappa shape index (κ3) is 3.99. The molecule has 1 aromatic rings. The van der Waals surface area contributed by atoms with Gasteiger partial charge in [-0.2, -0.15) is 0 Å². The number of alkyl halides is 1. The molecule has 1 heterocycles. The van der Waals surface area contributed by atoms with Crippen LogP contribution in [0.1, 0.15) is 32.3 Å². The number of esters is 2. The van der Waals surface area contributed by atoms with Gasteiger partial charge in [0.1, 0.15) is 6.67 Å². The molecule has 1 aliphatic heterocycles. The van der Waals surface area contributed by atoms with Crippen molar-refractivity contribution < 1.29 is 32.2 Å². The van der Waals surface area contributed by atoms with Gasteiger partial charge < -0.3 is 14.8 Å². The van der Waals surface area contributed by atoms with E-state index in [-0.39, 0.29) is 28.1 Å². The third-order valence-corrected chi connectivity index (χ3v) is 4.04. The summed E-state index contributed by atoms with van der Waals surface area (Å²) in [6.45, 7) is 3.60. The number of rotatable bonds is 5. The molecular weight excluding hydrogens is 363 g/mol. The Balaban J connectivity index is 2.77. The average molecular weight is 383 g/mol. The van der Waals surface area contributed by atoms with E-state index in [0.717, 1.165) is 13.2 Å². The molecule has 0 aliphatic carbocycles. The Morgan fingerprint density at radius 3 is 2.41 bits per heavy atom. The van der Waals surface area contributed by atoms with Crippen LogP contribution in [0.4, 0.5) is 13.2 Å². The highest BCUT2D eigenvalue weighted by atomic mass is 19.2. The fourth-order valence-electron chi connectivity index (χ4n) is 2.96. The van der Waals surface area contributed by atoms with Crippen LogP contribution in [0, 0.1) is 11.6 Å². The van der Waals surface area contributed by atoms with Crippen LogP contribution < -0.4 is 5.32 Å².